The van der Waals surface area contributed by atoms with Crippen molar-refractivity contribution in [1.29, 1.82) is 0 Å². The number of aryl methyl sites for hydroxylation is 1. The average molecular weight is 274 g/mol. The maximum absolute atomic E-state index is 12.3. The molecular weight excluding hydrogens is 260 g/mol. The van der Waals surface area contributed by atoms with Crippen LogP contribution in [0.3, 0.4) is 0 Å². The molecule has 6 nitrogen and oxygen atoms in total. The van der Waals surface area contributed by atoms with E-state index in [1.165, 1.54) is 19.4 Å². The Morgan fingerprint density at radius 3 is 2.75 bits per heavy atom. The zero-order chi connectivity index (χ0) is 14.7. The lowest BCUT2D eigenvalue weighted by molar-refractivity contribution is 0.0937. The Kier molecular flexibility index (Phi) is 3.84. The van der Waals surface area contributed by atoms with Crippen LogP contribution in [0, 0.1) is 6.92 Å². The Morgan fingerprint density at radius 1 is 1.40 bits per heavy atom. The molecular formula is C14H14N2O4. The number of amides is 1. The first-order chi connectivity index (χ1) is 9.52. The van der Waals surface area contributed by atoms with Crippen molar-refractivity contribution in [3.8, 4) is 0 Å². The largest absolute Gasteiger partial charge is 0.469 e. The highest BCUT2D eigenvalue weighted by molar-refractivity contribution is 6.08. The summed E-state index contributed by atoms with van der Waals surface area (Å²) in [6.45, 7) is 1.65. The summed E-state index contributed by atoms with van der Waals surface area (Å²) in [6.07, 6.45) is 1.46. The lowest BCUT2D eigenvalue weighted by Gasteiger charge is -2.07. The van der Waals surface area contributed by atoms with Gasteiger partial charge in [-0.25, -0.2) is 0 Å². The third-order valence-electron chi connectivity index (χ3n) is 2.84. The van der Waals surface area contributed by atoms with E-state index in [4.69, 9.17) is 4.42 Å². The fourth-order valence-electron chi connectivity index (χ4n) is 1.93. The smallest absolute Gasteiger partial charge is 0.261 e. The van der Waals surface area contributed by atoms with Crippen molar-refractivity contribution >= 4 is 11.7 Å². The SMILES string of the molecule is CNC(=O)c1c(C(=O)Cc2ccco2)cc(C)[nH]c1=O. The molecule has 1 amide bonds. The fraction of sp³-hybridized carbons (Fsp3) is 0.214. The summed E-state index contributed by atoms with van der Waals surface area (Å²) in [5, 5.41) is 2.36. The summed E-state index contributed by atoms with van der Waals surface area (Å²) in [5.74, 6) is -0.447. The van der Waals surface area contributed by atoms with Gasteiger partial charge in [0.1, 0.15) is 11.3 Å². The molecule has 0 spiro atoms. The number of ketones is 1. The van der Waals surface area contributed by atoms with Crippen molar-refractivity contribution in [2.24, 2.45) is 0 Å². The topological polar surface area (TPSA) is 92.2 Å². The van der Waals surface area contributed by atoms with E-state index in [9.17, 15) is 14.4 Å². The van der Waals surface area contributed by atoms with Gasteiger partial charge in [0.05, 0.1) is 12.7 Å². The summed E-state index contributed by atoms with van der Waals surface area (Å²) in [6, 6.07) is 4.83. The first-order valence-corrected chi connectivity index (χ1v) is 6.04. The van der Waals surface area contributed by atoms with Gasteiger partial charge >= 0.3 is 0 Å². The van der Waals surface area contributed by atoms with Crippen LogP contribution >= 0.6 is 0 Å². The molecule has 0 saturated heterocycles. The van der Waals surface area contributed by atoms with Gasteiger partial charge in [0.15, 0.2) is 5.78 Å². The molecule has 2 aromatic rings. The van der Waals surface area contributed by atoms with Crippen LogP contribution in [0.5, 0.6) is 0 Å². The quantitative estimate of drug-likeness (QED) is 0.815. The van der Waals surface area contributed by atoms with Crippen LogP contribution in [-0.4, -0.2) is 23.7 Å². The average Bonchev–Trinajstić information content (AvgIpc) is 2.89. The number of pyridine rings is 1. The summed E-state index contributed by atoms with van der Waals surface area (Å²) >= 11 is 0. The van der Waals surface area contributed by atoms with Crippen molar-refractivity contribution < 1.29 is 14.0 Å². The third-order valence-corrected chi connectivity index (χ3v) is 2.84. The Hall–Kier alpha value is -2.63. The van der Waals surface area contributed by atoms with Gasteiger partial charge in [0.25, 0.3) is 11.5 Å². The number of carbonyl (C=O) groups is 2. The van der Waals surface area contributed by atoms with E-state index in [-0.39, 0.29) is 23.3 Å². The zero-order valence-corrected chi connectivity index (χ0v) is 11.1. The molecule has 0 aliphatic carbocycles. The van der Waals surface area contributed by atoms with E-state index >= 15 is 0 Å². The van der Waals surface area contributed by atoms with E-state index in [0.717, 1.165) is 0 Å². The first-order valence-electron chi connectivity index (χ1n) is 6.04. The van der Waals surface area contributed by atoms with Crippen LogP contribution in [0.25, 0.3) is 0 Å². The number of carbonyl (C=O) groups excluding carboxylic acids is 2. The van der Waals surface area contributed by atoms with Crippen LogP contribution in [0.1, 0.15) is 32.2 Å². The van der Waals surface area contributed by atoms with Crippen LogP contribution in [0.4, 0.5) is 0 Å². The van der Waals surface area contributed by atoms with Gasteiger partial charge in [-0.2, -0.15) is 0 Å². The molecule has 2 rings (SSSR count). The molecule has 20 heavy (non-hydrogen) atoms. The first kappa shape index (κ1) is 13.8. The number of aromatic nitrogens is 1. The second-order valence-electron chi connectivity index (χ2n) is 4.33. The third kappa shape index (κ3) is 2.69. The predicted molar refractivity (Wildman–Crippen MR) is 71.9 cm³/mol. The summed E-state index contributed by atoms with van der Waals surface area (Å²) in [4.78, 5) is 38.4. The van der Waals surface area contributed by atoms with Gasteiger partial charge in [-0.05, 0) is 25.1 Å². The number of Topliss-reactive ketones (excluding diaryl/α,β-unsaturated/α-hetero) is 1. The maximum Gasteiger partial charge on any atom is 0.261 e. The fourth-order valence-corrected chi connectivity index (χ4v) is 1.93. The second-order valence-corrected chi connectivity index (χ2v) is 4.33. The molecule has 0 aliphatic heterocycles. The van der Waals surface area contributed by atoms with E-state index in [1.54, 1.807) is 19.1 Å². The summed E-state index contributed by atoms with van der Waals surface area (Å²) in [7, 11) is 1.41. The standard InChI is InChI=1S/C14H14N2O4/c1-8-6-10(11(17)7-9-4-3-5-20-9)12(13(18)15-2)14(19)16-8/h3-6H,7H2,1-2H3,(H,15,18)(H,16,19). The molecule has 2 aromatic heterocycles. The van der Waals surface area contributed by atoms with Crippen molar-refractivity contribution in [2.75, 3.05) is 7.05 Å². The van der Waals surface area contributed by atoms with Gasteiger partial charge in [0.2, 0.25) is 0 Å². The number of rotatable bonds is 4. The maximum atomic E-state index is 12.3. The zero-order valence-electron chi connectivity index (χ0n) is 11.1. The van der Waals surface area contributed by atoms with Crippen molar-refractivity contribution in [1.82, 2.24) is 10.3 Å². The highest BCUT2D eigenvalue weighted by Gasteiger charge is 2.21. The minimum absolute atomic E-state index is 0.000111. The Labute approximate surface area is 114 Å². The lowest BCUT2D eigenvalue weighted by Crippen LogP contribution is -2.30. The molecule has 104 valence electrons. The van der Waals surface area contributed by atoms with Gasteiger partial charge in [-0.3, -0.25) is 14.4 Å². The molecule has 0 saturated carbocycles. The van der Waals surface area contributed by atoms with Crippen molar-refractivity contribution in [3.63, 3.8) is 0 Å². The number of furan rings is 1. The summed E-state index contributed by atoms with van der Waals surface area (Å²) in [5.41, 5.74) is -0.130. The molecule has 0 fully saturated rings. The molecule has 0 radical (unpaired) electrons. The Bertz CT molecular complexity index is 698. The van der Waals surface area contributed by atoms with Crippen LogP contribution in [0.15, 0.2) is 33.7 Å². The van der Waals surface area contributed by atoms with Gasteiger partial charge in [-0.15, -0.1) is 0 Å². The number of hydrogen-bond acceptors (Lipinski definition) is 4. The Morgan fingerprint density at radius 2 is 2.15 bits per heavy atom. The lowest BCUT2D eigenvalue weighted by atomic mass is 10.0. The molecule has 2 heterocycles. The second kappa shape index (κ2) is 5.56. The number of H-pyrrole nitrogens is 1. The van der Waals surface area contributed by atoms with Crippen molar-refractivity contribution in [3.05, 3.63) is 57.4 Å². The van der Waals surface area contributed by atoms with Crippen LogP contribution in [-0.2, 0) is 6.42 Å². The Balaban J connectivity index is 2.46. The van der Waals surface area contributed by atoms with Gasteiger partial charge in [-0.1, -0.05) is 0 Å². The highest BCUT2D eigenvalue weighted by Crippen LogP contribution is 2.11. The number of aromatic amines is 1. The van der Waals surface area contributed by atoms with Crippen LogP contribution in [0.2, 0.25) is 0 Å². The minimum Gasteiger partial charge on any atom is -0.469 e. The molecule has 0 bridgehead atoms. The minimum atomic E-state index is -0.589. The summed E-state index contributed by atoms with van der Waals surface area (Å²) < 4.78 is 5.11. The van der Waals surface area contributed by atoms with E-state index in [2.05, 4.69) is 10.3 Å². The van der Waals surface area contributed by atoms with E-state index in [1.807, 2.05) is 0 Å². The highest BCUT2D eigenvalue weighted by atomic mass is 16.3. The molecule has 2 N–H and O–H groups in total. The van der Waals surface area contributed by atoms with E-state index in [0.29, 0.717) is 11.5 Å². The van der Waals surface area contributed by atoms with Gasteiger partial charge in [0, 0.05) is 18.3 Å². The molecule has 0 aliphatic rings. The van der Waals surface area contributed by atoms with Crippen LogP contribution < -0.4 is 10.9 Å². The van der Waals surface area contributed by atoms with Crippen molar-refractivity contribution in [2.45, 2.75) is 13.3 Å². The number of nitrogens with one attached hydrogen (secondary N) is 2. The van der Waals surface area contributed by atoms with Gasteiger partial charge < -0.3 is 14.7 Å². The molecule has 0 unspecified atom stereocenters. The molecule has 0 atom stereocenters. The molecule has 0 aromatic carbocycles. The number of hydrogen-bond donors (Lipinski definition) is 2. The van der Waals surface area contributed by atoms with E-state index < -0.39 is 11.5 Å². The monoisotopic (exact) mass is 274 g/mol. The predicted octanol–water partition coefficient (Wildman–Crippen LogP) is 1.06. The molecule has 6 heteroatoms. The normalized spacial score (nSPS) is 10.3.